The molecule has 0 aliphatic carbocycles. The van der Waals surface area contributed by atoms with Gasteiger partial charge >= 0.3 is 5.97 Å². The van der Waals surface area contributed by atoms with Gasteiger partial charge in [-0.2, -0.15) is 0 Å². The summed E-state index contributed by atoms with van der Waals surface area (Å²) in [5.74, 6) is 4.23. The van der Waals surface area contributed by atoms with E-state index in [1.54, 1.807) is 70.8 Å². The van der Waals surface area contributed by atoms with Crippen molar-refractivity contribution in [1.82, 2.24) is 4.90 Å². The molecule has 14 heteroatoms. The van der Waals surface area contributed by atoms with Gasteiger partial charge in [-0.3, -0.25) is 9.59 Å². The minimum absolute atomic E-state index is 0.0144. The van der Waals surface area contributed by atoms with Gasteiger partial charge in [0, 0.05) is 37.7 Å². The van der Waals surface area contributed by atoms with Crippen LogP contribution in [0.2, 0.25) is 0 Å². The van der Waals surface area contributed by atoms with Crippen LogP contribution in [0.3, 0.4) is 0 Å². The number of carbonyl (C=O) groups excluding carboxylic acids is 4. The lowest BCUT2D eigenvalue weighted by molar-refractivity contribution is -0.107. The zero-order valence-corrected chi connectivity index (χ0v) is 41.4. The number of esters is 1. The van der Waals surface area contributed by atoms with Crippen molar-refractivity contribution in [3.05, 3.63) is 141 Å². The number of benzene rings is 5. The maximum Gasteiger partial charge on any atom is 0.341 e. The van der Waals surface area contributed by atoms with E-state index in [1.165, 1.54) is 14.2 Å². The molecule has 1 amide bonds. The van der Waals surface area contributed by atoms with Crippen LogP contribution in [0.15, 0.2) is 85.5 Å². The van der Waals surface area contributed by atoms with Crippen molar-refractivity contribution >= 4 is 24.4 Å². The van der Waals surface area contributed by atoms with E-state index in [0.717, 1.165) is 63.4 Å². The zero-order valence-electron chi connectivity index (χ0n) is 41.4. The fraction of sp³-hybridized carbons (Fsp3) is 0.333. The van der Waals surface area contributed by atoms with E-state index in [4.69, 9.17) is 42.6 Å². The SMILES string of the molecule is C=CCc1c(C)c(OC)cc(OC)c1C(=O)N(CC)CC.COC(=O)c1c(OCc2ccc(OC)cc2)cc(OCc2ccc(OC)cc2)c(C)c1CC=O.COc1cc(OC)c(C=O)cc1C. The molecule has 0 fully saturated rings. The monoisotopic (exact) mass is 935 g/mol. The number of methoxy groups -OCH3 is 7. The lowest BCUT2D eigenvalue weighted by atomic mass is 9.96. The van der Waals surface area contributed by atoms with E-state index in [-0.39, 0.29) is 30.2 Å². The average molecular weight is 936 g/mol. The van der Waals surface area contributed by atoms with Crippen LogP contribution in [0.1, 0.15) is 83.9 Å². The average Bonchev–Trinajstić information content (AvgIpc) is 3.37. The van der Waals surface area contributed by atoms with Gasteiger partial charge < -0.3 is 52.3 Å². The first-order chi connectivity index (χ1) is 32.8. The maximum atomic E-state index is 12.8. The van der Waals surface area contributed by atoms with Crippen LogP contribution in [-0.4, -0.2) is 92.2 Å². The molecular weight excluding hydrogens is 871 g/mol. The van der Waals surface area contributed by atoms with Crippen LogP contribution in [0.25, 0.3) is 0 Å². The highest BCUT2D eigenvalue weighted by molar-refractivity contribution is 5.99. The standard InChI is InChI=1S/C27H28O7.C17H25NO3.C10H12O3/c1-18-23(13-14-28)26(27(29)32-4)25(34-17-20-7-11-22(31-3)12-8-20)15-24(18)33-16-19-5-9-21(30-2)10-6-19;1-7-10-13-12(4)14(20-5)11-15(21-6)16(13)17(19)18(8-2)9-3;1-7-4-8(6-11)10(13-3)5-9(7)12-2/h5-12,14-15H,13,16-17H2,1-4H3;7,11H,1,8-10H2,2-6H3;4-6H,1-3H3. The maximum absolute atomic E-state index is 12.8. The number of nitrogens with zero attached hydrogens (tertiary/aromatic N) is 1. The summed E-state index contributed by atoms with van der Waals surface area (Å²) in [6, 6.07) is 21.8. The number of amides is 1. The lowest BCUT2D eigenvalue weighted by Gasteiger charge is -2.23. The topological polar surface area (TPSA) is 155 Å². The van der Waals surface area contributed by atoms with Gasteiger partial charge in [0.25, 0.3) is 5.91 Å². The summed E-state index contributed by atoms with van der Waals surface area (Å²) in [4.78, 5) is 49.3. The number of hydrogen-bond acceptors (Lipinski definition) is 13. The minimum atomic E-state index is -0.577. The first-order valence-corrected chi connectivity index (χ1v) is 21.8. The molecule has 0 saturated heterocycles. The second-order valence-corrected chi connectivity index (χ2v) is 14.9. The molecule has 0 aromatic heterocycles. The Labute approximate surface area is 400 Å². The van der Waals surface area contributed by atoms with Gasteiger partial charge in [0.2, 0.25) is 0 Å². The van der Waals surface area contributed by atoms with Crippen LogP contribution >= 0.6 is 0 Å². The number of ether oxygens (including phenoxy) is 9. The summed E-state index contributed by atoms with van der Waals surface area (Å²) >= 11 is 0. The summed E-state index contributed by atoms with van der Waals surface area (Å²) in [7, 11) is 10.8. The van der Waals surface area contributed by atoms with Crippen molar-refractivity contribution in [3.63, 3.8) is 0 Å². The van der Waals surface area contributed by atoms with E-state index < -0.39 is 5.97 Å². The van der Waals surface area contributed by atoms with E-state index >= 15 is 0 Å². The molecule has 0 spiro atoms. The van der Waals surface area contributed by atoms with Crippen molar-refractivity contribution in [1.29, 1.82) is 0 Å². The Morgan fingerprint density at radius 1 is 0.559 bits per heavy atom. The van der Waals surface area contributed by atoms with E-state index in [2.05, 4.69) is 6.58 Å². The molecule has 0 aliphatic heterocycles. The Balaban J connectivity index is 0.000000305. The van der Waals surface area contributed by atoms with Crippen molar-refractivity contribution in [2.24, 2.45) is 0 Å². The van der Waals surface area contributed by atoms with Crippen LogP contribution in [0.4, 0.5) is 0 Å². The molecule has 0 radical (unpaired) electrons. The fourth-order valence-corrected chi connectivity index (χ4v) is 7.12. The molecule has 0 aliphatic rings. The number of hydrogen-bond donors (Lipinski definition) is 0. The minimum Gasteiger partial charge on any atom is -0.497 e. The van der Waals surface area contributed by atoms with Crippen molar-refractivity contribution < 1.29 is 61.8 Å². The highest BCUT2D eigenvalue weighted by Gasteiger charge is 2.26. The van der Waals surface area contributed by atoms with Crippen molar-refractivity contribution in [2.75, 3.05) is 62.9 Å². The second kappa shape index (κ2) is 27.9. The molecule has 0 heterocycles. The second-order valence-electron chi connectivity index (χ2n) is 14.9. The quantitative estimate of drug-likeness (QED) is 0.0390. The van der Waals surface area contributed by atoms with E-state index in [9.17, 15) is 19.2 Å². The molecular formula is C54H65NO13. The largest absolute Gasteiger partial charge is 0.497 e. The number of aldehydes is 2. The molecule has 0 unspecified atom stereocenters. The smallest absolute Gasteiger partial charge is 0.341 e. The van der Waals surface area contributed by atoms with Crippen LogP contribution < -0.4 is 37.9 Å². The van der Waals surface area contributed by atoms with Gasteiger partial charge in [-0.25, -0.2) is 4.79 Å². The number of rotatable bonds is 21. The zero-order chi connectivity index (χ0) is 50.3. The number of allylic oxidation sites excluding steroid dienone is 1. The van der Waals surface area contributed by atoms with Crippen molar-refractivity contribution in [3.8, 4) is 46.0 Å². The van der Waals surface area contributed by atoms with Gasteiger partial charge in [-0.05, 0) is 110 Å². The third-order valence-electron chi connectivity index (χ3n) is 11.0. The normalized spacial score (nSPS) is 10.1. The summed E-state index contributed by atoms with van der Waals surface area (Å²) in [5, 5.41) is 0. The molecule has 5 aromatic rings. The first-order valence-electron chi connectivity index (χ1n) is 21.8. The molecule has 5 aromatic carbocycles. The van der Waals surface area contributed by atoms with Gasteiger partial charge in [0.05, 0.1) is 60.9 Å². The molecule has 0 bridgehead atoms. The van der Waals surface area contributed by atoms with Crippen LogP contribution in [0, 0.1) is 20.8 Å². The van der Waals surface area contributed by atoms with Crippen LogP contribution in [0.5, 0.6) is 46.0 Å². The van der Waals surface area contributed by atoms with Gasteiger partial charge in [-0.1, -0.05) is 30.3 Å². The third kappa shape index (κ3) is 14.3. The Morgan fingerprint density at radius 3 is 1.47 bits per heavy atom. The lowest BCUT2D eigenvalue weighted by Crippen LogP contribution is -2.31. The Kier molecular flexibility index (Phi) is 22.5. The molecule has 0 atom stereocenters. The van der Waals surface area contributed by atoms with Gasteiger partial charge in [0.1, 0.15) is 71.1 Å². The first kappa shape index (κ1) is 54.9. The molecule has 0 saturated carbocycles. The van der Waals surface area contributed by atoms with Crippen LogP contribution in [-0.2, 0) is 35.6 Å². The van der Waals surface area contributed by atoms with E-state index in [0.29, 0.717) is 65.6 Å². The van der Waals surface area contributed by atoms with E-state index in [1.807, 2.05) is 83.1 Å². The summed E-state index contributed by atoms with van der Waals surface area (Å²) in [6.45, 7) is 15.2. The highest BCUT2D eigenvalue weighted by Crippen LogP contribution is 2.37. The highest BCUT2D eigenvalue weighted by atomic mass is 16.5. The summed E-state index contributed by atoms with van der Waals surface area (Å²) in [5.41, 5.74) is 7.18. The number of aryl methyl sites for hydroxylation is 1. The molecule has 14 nitrogen and oxygen atoms in total. The Morgan fingerprint density at radius 2 is 1.03 bits per heavy atom. The molecule has 68 heavy (non-hydrogen) atoms. The van der Waals surface area contributed by atoms with Gasteiger partial charge in [0.15, 0.2) is 6.29 Å². The fourth-order valence-electron chi connectivity index (χ4n) is 7.12. The predicted octanol–water partition coefficient (Wildman–Crippen LogP) is 9.75. The molecule has 364 valence electrons. The Bertz CT molecular complexity index is 2460. The predicted molar refractivity (Wildman–Crippen MR) is 262 cm³/mol. The molecule has 5 rings (SSSR count). The third-order valence-corrected chi connectivity index (χ3v) is 11.0. The summed E-state index contributed by atoms with van der Waals surface area (Å²) in [6.07, 6.45) is 3.93. The Hall–Kier alpha value is -7.48. The number of carbonyl (C=O) groups is 4. The molecule has 0 N–H and O–H groups in total. The van der Waals surface area contributed by atoms with Crippen molar-refractivity contribution in [2.45, 2.75) is 60.7 Å². The van der Waals surface area contributed by atoms with Gasteiger partial charge in [-0.15, -0.1) is 6.58 Å². The summed E-state index contributed by atoms with van der Waals surface area (Å²) < 4.78 is 48.4.